The van der Waals surface area contributed by atoms with Crippen LogP contribution in [0, 0.1) is 6.92 Å². The molecule has 0 saturated heterocycles. The highest BCUT2D eigenvalue weighted by Gasteiger charge is 2.21. The molecule has 0 aliphatic heterocycles. The van der Waals surface area contributed by atoms with Crippen molar-refractivity contribution in [3.8, 4) is 11.5 Å². The van der Waals surface area contributed by atoms with Gasteiger partial charge in [-0.2, -0.15) is 0 Å². The summed E-state index contributed by atoms with van der Waals surface area (Å²) in [4.78, 5) is 30.5. The van der Waals surface area contributed by atoms with E-state index in [1.165, 1.54) is 6.08 Å². The zero-order valence-corrected chi connectivity index (χ0v) is 18.6. The number of hydrogen-bond acceptors (Lipinski definition) is 4. The molecule has 0 unspecified atom stereocenters. The first kappa shape index (κ1) is 20.8. The van der Waals surface area contributed by atoms with Gasteiger partial charge in [0.2, 0.25) is 11.7 Å². The number of carbonyl (C=O) groups is 1. The van der Waals surface area contributed by atoms with Crippen LogP contribution in [-0.4, -0.2) is 15.2 Å². The van der Waals surface area contributed by atoms with E-state index in [0.29, 0.717) is 16.8 Å². The van der Waals surface area contributed by atoms with Crippen LogP contribution >= 0.6 is 15.9 Å². The topological polar surface area (TPSA) is 64.6 Å². The van der Waals surface area contributed by atoms with Crippen LogP contribution in [0.15, 0.2) is 80.1 Å². The van der Waals surface area contributed by atoms with Crippen LogP contribution < -0.4 is 16.2 Å². The standard InChI is InChI=1S/C25H19BrN2O3/c1-4-17(23(29)22-15(2)21(26)20-12-8-9-13-28(20)22)14-19-16(3)27-24(31-25(19)30)18-10-6-5-7-11-18/h4-14H,3H2,1-2H3/b17-4+,19-14+. The summed E-state index contributed by atoms with van der Waals surface area (Å²) in [5, 5.41) is 0.402. The number of nitrogens with zero attached hydrogens (tertiary/aromatic N) is 2. The number of Topliss-reactive ketones (excluding diaryl/α,β-unsaturated/α-hetero) is 1. The van der Waals surface area contributed by atoms with Crippen molar-refractivity contribution in [3.05, 3.63) is 103 Å². The van der Waals surface area contributed by atoms with Gasteiger partial charge in [-0.25, -0.2) is 9.78 Å². The fourth-order valence-corrected chi connectivity index (χ4v) is 3.97. The SMILES string of the molecule is C=c1nc(-c2ccccc2)oc(=O)/c1=C/C(=C\C)C(=O)c1c(C)c(Br)c2ccccn12. The quantitative estimate of drug-likeness (QED) is 0.330. The Balaban J connectivity index is 1.84. The maximum atomic E-state index is 13.4. The van der Waals surface area contributed by atoms with Crippen LogP contribution in [0.3, 0.4) is 0 Å². The number of ketones is 1. The van der Waals surface area contributed by atoms with Crippen LogP contribution in [0.2, 0.25) is 0 Å². The van der Waals surface area contributed by atoms with E-state index in [0.717, 1.165) is 15.6 Å². The van der Waals surface area contributed by atoms with Crippen molar-refractivity contribution in [1.29, 1.82) is 0 Å². The minimum Gasteiger partial charge on any atom is -0.403 e. The van der Waals surface area contributed by atoms with Crippen molar-refractivity contribution in [2.45, 2.75) is 13.8 Å². The Morgan fingerprint density at radius 3 is 2.55 bits per heavy atom. The van der Waals surface area contributed by atoms with Crippen LogP contribution in [0.4, 0.5) is 0 Å². The predicted molar refractivity (Wildman–Crippen MR) is 125 cm³/mol. The second kappa shape index (κ2) is 8.32. The number of carbonyl (C=O) groups excluding carboxylic acids is 1. The van der Waals surface area contributed by atoms with Crippen LogP contribution in [-0.2, 0) is 0 Å². The molecule has 4 aromatic rings. The van der Waals surface area contributed by atoms with Gasteiger partial charge >= 0.3 is 5.63 Å². The van der Waals surface area contributed by atoms with Crippen molar-refractivity contribution in [2.75, 3.05) is 0 Å². The van der Waals surface area contributed by atoms with Gasteiger partial charge < -0.3 is 8.82 Å². The molecule has 0 amide bonds. The predicted octanol–water partition coefficient (Wildman–Crippen LogP) is 4.05. The summed E-state index contributed by atoms with van der Waals surface area (Å²) in [7, 11) is 0. The Labute approximate surface area is 186 Å². The van der Waals surface area contributed by atoms with Gasteiger partial charge in [0, 0.05) is 21.8 Å². The van der Waals surface area contributed by atoms with E-state index in [9.17, 15) is 9.59 Å². The van der Waals surface area contributed by atoms with Crippen molar-refractivity contribution >= 4 is 39.9 Å². The Hall–Kier alpha value is -3.51. The molecule has 1 aromatic carbocycles. The molecule has 0 spiro atoms. The third-order valence-electron chi connectivity index (χ3n) is 5.08. The minimum absolute atomic E-state index is 0.152. The number of fused-ring (bicyclic) bond motifs is 1. The summed E-state index contributed by atoms with van der Waals surface area (Å²) in [6, 6.07) is 14.8. The highest BCUT2D eigenvalue weighted by molar-refractivity contribution is 9.10. The number of aromatic nitrogens is 2. The smallest absolute Gasteiger partial charge is 0.347 e. The highest BCUT2D eigenvalue weighted by atomic mass is 79.9. The zero-order chi connectivity index (χ0) is 22.1. The molecule has 0 fully saturated rings. The Bertz CT molecular complexity index is 1480. The molecule has 4 rings (SSSR count). The van der Waals surface area contributed by atoms with Crippen molar-refractivity contribution in [3.63, 3.8) is 0 Å². The lowest BCUT2D eigenvalue weighted by atomic mass is 10.0. The lowest BCUT2D eigenvalue weighted by Crippen LogP contribution is -2.40. The van der Waals surface area contributed by atoms with Crippen molar-refractivity contribution in [1.82, 2.24) is 9.38 Å². The van der Waals surface area contributed by atoms with Gasteiger partial charge in [-0.1, -0.05) is 36.9 Å². The summed E-state index contributed by atoms with van der Waals surface area (Å²) < 4.78 is 8.11. The molecule has 3 aromatic heterocycles. The molecule has 6 heteroatoms. The summed E-state index contributed by atoms with van der Waals surface area (Å²) in [6.07, 6.45) is 5.00. The largest absolute Gasteiger partial charge is 0.403 e. The molecule has 31 heavy (non-hydrogen) atoms. The van der Waals surface area contributed by atoms with Gasteiger partial charge in [0.1, 0.15) is 0 Å². The lowest BCUT2D eigenvalue weighted by Gasteiger charge is -2.05. The van der Waals surface area contributed by atoms with Gasteiger partial charge in [0.25, 0.3) is 0 Å². The molecule has 3 heterocycles. The molecule has 154 valence electrons. The van der Waals surface area contributed by atoms with E-state index in [2.05, 4.69) is 27.5 Å². The second-order valence-corrected chi connectivity index (χ2v) is 7.79. The monoisotopic (exact) mass is 474 g/mol. The van der Waals surface area contributed by atoms with E-state index < -0.39 is 5.63 Å². The molecular formula is C25H19BrN2O3. The Morgan fingerprint density at radius 2 is 1.87 bits per heavy atom. The van der Waals surface area contributed by atoms with Crippen molar-refractivity contribution < 1.29 is 9.21 Å². The summed E-state index contributed by atoms with van der Waals surface area (Å²) in [5.41, 5.74) is 2.68. The molecule has 0 saturated carbocycles. The fraction of sp³-hybridized carbons (Fsp3) is 0.0800. The first-order valence-electron chi connectivity index (χ1n) is 9.65. The summed E-state index contributed by atoms with van der Waals surface area (Å²) >= 11 is 3.57. The highest BCUT2D eigenvalue weighted by Crippen LogP contribution is 2.29. The molecule has 0 bridgehead atoms. The normalized spacial score (nSPS) is 12.5. The third-order valence-corrected chi connectivity index (χ3v) is 6.08. The second-order valence-electron chi connectivity index (χ2n) is 6.99. The molecule has 0 N–H and O–H groups in total. The third kappa shape index (κ3) is 3.70. The maximum absolute atomic E-state index is 13.4. The summed E-state index contributed by atoms with van der Waals surface area (Å²) in [5.74, 6) is -0.0173. The number of allylic oxidation sites excluding steroid dienone is 2. The number of rotatable bonds is 4. The zero-order valence-electron chi connectivity index (χ0n) is 17.1. The van der Waals surface area contributed by atoms with E-state index in [4.69, 9.17) is 4.42 Å². The van der Waals surface area contributed by atoms with Crippen LogP contribution in [0.25, 0.3) is 29.6 Å². The number of halogens is 1. The van der Waals surface area contributed by atoms with Gasteiger partial charge in [-0.05, 0) is 65.7 Å². The lowest BCUT2D eigenvalue weighted by molar-refractivity contribution is 0.103. The number of hydrogen-bond donors (Lipinski definition) is 0. The molecule has 0 aliphatic carbocycles. The minimum atomic E-state index is -0.594. The number of benzene rings is 1. The Morgan fingerprint density at radius 1 is 1.16 bits per heavy atom. The molecule has 0 atom stereocenters. The molecule has 0 radical (unpaired) electrons. The average molecular weight is 475 g/mol. The average Bonchev–Trinajstić information content (AvgIpc) is 3.04. The maximum Gasteiger partial charge on any atom is 0.347 e. The van der Waals surface area contributed by atoms with Gasteiger partial charge in [-0.15, -0.1) is 0 Å². The fourth-order valence-electron chi connectivity index (χ4n) is 3.46. The van der Waals surface area contributed by atoms with Gasteiger partial charge in [-0.3, -0.25) is 4.79 Å². The first-order chi connectivity index (χ1) is 14.9. The Kier molecular flexibility index (Phi) is 5.57. The van der Waals surface area contributed by atoms with Crippen LogP contribution in [0.1, 0.15) is 23.0 Å². The van der Waals surface area contributed by atoms with Crippen LogP contribution in [0.5, 0.6) is 0 Å². The molecular weight excluding hydrogens is 456 g/mol. The van der Waals surface area contributed by atoms with Gasteiger partial charge in [0.15, 0.2) is 0 Å². The molecule has 5 nitrogen and oxygen atoms in total. The summed E-state index contributed by atoms with van der Waals surface area (Å²) in [6.45, 7) is 7.54. The van der Waals surface area contributed by atoms with E-state index in [1.807, 2.05) is 53.9 Å². The van der Waals surface area contributed by atoms with E-state index in [-0.39, 0.29) is 22.2 Å². The number of pyridine rings is 1. The van der Waals surface area contributed by atoms with E-state index in [1.54, 1.807) is 25.1 Å². The molecule has 0 aliphatic rings. The first-order valence-corrected chi connectivity index (χ1v) is 10.4. The van der Waals surface area contributed by atoms with Gasteiger partial charge in [0.05, 0.1) is 21.8 Å². The van der Waals surface area contributed by atoms with Crippen molar-refractivity contribution in [2.24, 2.45) is 0 Å². The van der Waals surface area contributed by atoms with E-state index >= 15 is 0 Å².